The molecule has 0 bridgehead atoms. The predicted octanol–water partition coefficient (Wildman–Crippen LogP) is 4.26. The van der Waals surface area contributed by atoms with E-state index in [-0.39, 0.29) is 5.82 Å². The van der Waals surface area contributed by atoms with Crippen molar-refractivity contribution < 1.29 is 9.13 Å². The molecule has 0 unspecified atom stereocenters. The number of ether oxygens (including phenoxy) is 1. The monoisotopic (exact) mass is 293 g/mol. The molecule has 0 fully saturated rings. The molecule has 2 aromatic carbocycles. The molecule has 0 saturated heterocycles. The zero-order valence-electron chi connectivity index (χ0n) is 11.5. The molecular formula is C16H17ClFNO. The first-order chi connectivity index (χ1) is 9.65. The van der Waals surface area contributed by atoms with Crippen molar-refractivity contribution in [1.82, 2.24) is 5.32 Å². The summed E-state index contributed by atoms with van der Waals surface area (Å²) in [6.07, 6.45) is 0. The van der Waals surface area contributed by atoms with Gasteiger partial charge in [-0.1, -0.05) is 30.7 Å². The molecule has 0 atom stereocenters. The van der Waals surface area contributed by atoms with Crippen LogP contribution in [0, 0.1) is 5.82 Å². The number of nitrogens with one attached hydrogen (secondary N) is 1. The number of hydrogen-bond donors (Lipinski definition) is 1. The van der Waals surface area contributed by atoms with Crippen LogP contribution in [0.25, 0.3) is 11.1 Å². The summed E-state index contributed by atoms with van der Waals surface area (Å²) in [5.74, 6) is 0.354. The van der Waals surface area contributed by atoms with Gasteiger partial charge in [-0.3, -0.25) is 0 Å². The number of rotatable bonds is 5. The topological polar surface area (TPSA) is 21.3 Å². The molecule has 0 radical (unpaired) electrons. The van der Waals surface area contributed by atoms with Gasteiger partial charge in [0.2, 0.25) is 0 Å². The van der Waals surface area contributed by atoms with Gasteiger partial charge in [0.25, 0.3) is 0 Å². The minimum atomic E-state index is -0.257. The summed E-state index contributed by atoms with van der Waals surface area (Å²) in [6.45, 7) is 3.59. The zero-order chi connectivity index (χ0) is 14.5. The van der Waals surface area contributed by atoms with Crippen molar-refractivity contribution in [3.05, 3.63) is 52.8 Å². The second kappa shape index (κ2) is 6.73. The van der Waals surface area contributed by atoms with Crippen molar-refractivity contribution in [3.8, 4) is 16.9 Å². The van der Waals surface area contributed by atoms with Gasteiger partial charge in [-0.05, 0) is 47.5 Å². The first-order valence-corrected chi connectivity index (χ1v) is 6.86. The quantitative estimate of drug-likeness (QED) is 0.889. The van der Waals surface area contributed by atoms with E-state index in [0.29, 0.717) is 17.3 Å². The lowest BCUT2D eigenvalue weighted by Gasteiger charge is -2.12. The Hall–Kier alpha value is -1.58. The Balaban J connectivity index is 2.44. The fraction of sp³-hybridized carbons (Fsp3) is 0.250. The molecule has 0 aliphatic carbocycles. The summed E-state index contributed by atoms with van der Waals surface area (Å²) in [5.41, 5.74) is 2.76. The summed E-state index contributed by atoms with van der Waals surface area (Å²) in [7, 11) is 1.57. The lowest BCUT2D eigenvalue weighted by Crippen LogP contribution is -2.12. The Bertz CT molecular complexity index is 601. The number of methoxy groups -OCH3 is 1. The maximum Gasteiger partial charge on any atom is 0.137 e. The molecule has 0 aromatic heterocycles. The summed E-state index contributed by atoms with van der Waals surface area (Å²) in [4.78, 5) is 0. The van der Waals surface area contributed by atoms with Crippen LogP contribution in [0.5, 0.6) is 5.75 Å². The van der Waals surface area contributed by atoms with Crippen molar-refractivity contribution in [1.29, 1.82) is 0 Å². The van der Waals surface area contributed by atoms with E-state index in [4.69, 9.17) is 16.3 Å². The molecule has 2 aromatic rings. The predicted molar refractivity (Wildman–Crippen MR) is 80.8 cm³/mol. The van der Waals surface area contributed by atoms with Crippen LogP contribution >= 0.6 is 11.6 Å². The van der Waals surface area contributed by atoms with E-state index < -0.39 is 0 Å². The van der Waals surface area contributed by atoms with Gasteiger partial charge in [-0.15, -0.1) is 0 Å². The van der Waals surface area contributed by atoms with E-state index in [1.807, 2.05) is 13.0 Å². The smallest absolute Gasteiger partial charge is 0.137 e. The fourth-order valence-corrected chi connectivity index (χ4v) is 2.32. The fourth-order valence-electron chi connectivity index (χ4n) is 2.07. The molecule has 0 amide bonds. The second-order valence-corrected chi connectivity index (χ2v) is 4.84. The lowest BCUT2D eigenvalue weighted by atomic mass is 9.99. The van der Waals surface area contributed by atoms with Crippen LogP contribution in [-0.4, -0.2) is 13.7 Å². The van der Waals surface area contributed by atoms with E-state index >= 15 is 0 Å². The molecular weight excluding hydrogens is 277 g/mol. The highest BCUT2D eigenvalue weighted by Crippen LogP contribution is 2.32. The molecule has 2 rings (SSSR count). The Morgan fingerprint density at radius 3 is 2.65 bits per heavy atom. The van der Waals surface area contributed by atoms with Crippen LogP contribution < -0.4 is 10.1 Å². The summed E-state index contributed by atoms with van der Waals surface area (Å²) >= 11 is 6.14. The average molecular weight is 294 g/mol. The van der Waals surface area contributed by atoms with Gasteiger partial charge in [0.05, 0.1) is 12.1 Å². The third-order valence-electron chi connectivity index (χ3n) is 3.10. The van der Waals surface area contributed by atoms with Gasteiger partial charge in [-0.25, -0.2) is 4.39 Å². The van der Waals surface area contributed by atoms with Gasteiger partial charge < -0.3 is 10.1 Å². The summed E-state index contributed by atoms with van der Waals surface area (Å²) in [5, 5.41) is 3.77. The molecule has 0 spiro atoms. The van der Waals surface area contributed by atoms with E-state index in [2.05, 4.69) is 5.32 Å². The van der Waals surface area contributed by atoms with Crippen molar-refractivity contribution in [3.63, 3.8) is 0 Å². The highest BCUT2D eigenvalue weighted by atomic mass is 35.5. The molecule has 0 saturated carbocycles. The van der Waals surface area contributed by atoms with Crippen LogP contribution in [0.2, 0.25) is 5.02 Å². The third kappa shape index (κ3) is 3.30. The highest BCUT2D eigenvalue weighted by Gasteiger charge is 2.09. The normalized spacial score (nSPS) is 10.6. The lowest BCUT2D eigenvalue weighted by molar-refractivity contribution is 0.415. The third-order valence-corrected chi connectivity index (χ3v) is 3.40. The van der Waals surface area contributed by atoms with Crippen molar-refractivity contribution in [2.24, 2.45) is 0 Å². The molecule has 0 aliphatic heterocycles. The Labute approximate surface area is 123 Å². The molecule has 20 heavy (non-hydrogen) atoms. The Kier molecular flexibility index (Phi) is 4.99. The molecule has 106 valence electrons. The SMILES string of the molecule is CCNCc1ccc(F)cc1-c1ccc(OC)c(Cl)c1. The minimum Gasteiger partial charge on any atom is -0.495 e. The minimum absolute atomic E-state index is 0.257. The largest absolute Gasteiger partial charge is 0.495 e. The average Bonchev–Trinajstić information content (AvgIpc) is 2.46. The molecule has 1 N–H and O–H groups in total. The Morgan fingerprint density at radius 1 is 1.20 bits per heavy atom. The standard InChI is InChI=1S/C16H17ClFNO/c1-3-19-10-12-4-6-13(18)9-14(12)11-5-7-16(20-2)15(17)8-11/h4-9,19H,3,10H2,1-2H3. The number of hydrogen-bond acceptors (Lipinski definition) is 2. The van der Waals surface area contributed by atoms with Crippen LogP contribution in [0.3, 0.4) is 0 Å². The van der Waals surface area contributed by atoms with Crippen molar-refractivity contribution in [2.75, 3.05) is 13.7 Å². The maximum atomic E-state index is 13.5. The van der Waals surface area contributed by atoms with Crippen molar-refractivity contribution >= 4 is 11.6 Å². The van der Waals surface area contributed by atoms with Gasteiger partial charge in [0.15, 0.2) is 0 Å². The maximum absolute atomic E-state index is 13.5. The van der Waals surface area contributed by atoms with E-state index in [1.165, 1.54) is 12.1 Å². The van der Waals surface area contributed by atoms with E-state index in [1.54, 1.807) is 25.3 Å². The highest BCUT2D eigenvalue weighted by molar-refractivity contribution is 6.32. The first-order valence-electron chi connectivity index (χ1n) is 6.48. The summed E-state index contributed by atoms with van der Waals surface area (Å²) in [6, 6.07) is 10.3. The number of benzene rings is 2. The van der Waals surface area contributed by atoms with Gasteiger partial charge in [-0.2, -0.15) is 0 Å². The van der Waals surface area contributed by atoms with Crippen LogP contribution in [0.1, 0.15) is 12.5 Å². The molecule has 4 heteroatoms. The van der Waals surface area contributed by atoms with Crippen molar-refractivity contribution in [2.45, 2.75) is 13.5 Å². The van der Waals surface area contributed by atoms with Crippen LogP contribution in [0.15, 0.2) is 36.4 Å². The van der Waals surface area contributed by atoms with Gasteiger partial charge in [0.1, 0.15) is 11.6 Å². The first kappa shape index (κ1) is 14.8. The molecule has 2 nitrogen and oxygen atoms in total. The van der Waals surface area contributed by atoms with Crippen LogP contribution in [-0.2, 0) is 6.54 Å². The second-order valence-electron chi connectivity index (χ2n) is 4.43. The Morgan fingerprint density at radius 2 is 2.00 bits per heavy atom. The van der Waals surface area contributed by atoms with E-state index in [0.717, 1.165) is 23.2 Å². The van der Waals surface area contributed by atoms with Gasteiger partial charge in [0, 0.05) is 6.54 Å². The number of halogens is 2. The van der Waals surface area contributed by atoms with E-state index in [9.17, 15) is 4.39 Å². The zero-order valence-corrected chi connectivity index (χ0v) is 12.3. The van der Waals surface area contributed by atoms with Gasteiger partial charge >= 0.3 is 0 Å². The summed E-state index contributed by atoms with van der Waals surface area (Å²) < 4.78 is 18.7. The van der Waals surface area contributed by atoms with Crippen LogP contribution in [0.4, 0.5) is 4.39 Å². The molecule has 0 heterocycles. The molecule has 0 aliphatic rings.